The maximum atomic E-state index is 11.9. The predicted octanol–water partition coefficient (Wildman–Crippen LogP) is 0.865. The number of carbonyl (C=O) groups excluding carboxylic acids is 2. The molecule has 0 radical (unpaired) electrons. The standard InChI is InChI=1S/C14H19NO5S/c1-10(13(16)15(2)3)20-14(17)12-7-5-11(6-8-12)9-21(4,18)19/h5-8,10H,9H2,1-4H3/t10-/m0/s1. The van der Waals surface area contributed by atoms with Crippen molar-refractivity contribution in [2.24, 2.45) is 0 Å². The zero-order valence-electron chi connectivity index (χ0n) is 12.5. The predicted molar refractivity (Wildman–Crippen MR) is 78.6 cm³/mol. The Morgan fingerprint density at radius 3 is 2.14 bits per heavy atom. The lowest BCUT2D eigenvalue weighted by Crippen LogP contribution is -2.34. The summed E-state index contributed by atoms with van der Waals surface area (Å²) in [5.74, 6) is -1.02. The summed E-state index contributed by atoms with van der Waals surface area (Å²) in [6, 6.07) is 6.07. The lowest BCUT2D eigenvalue weighted by atomic mass is 10.1. The lowest BCUT2D eigenvalue weighted by molar-refractivity contribution is -0.137. The first kappa shape index (κ1) is 17.2. The number of esters is 1. The first-order chi connectivity index (χ1) is 9.60. The second-order valence-corrected chi connectivity index (χ2v) is 7.19. The van der Waals surface area contributed by atoms with E-state index in [1.54, 1.807) is 26.2 Å². The molecule has 1 atom stereocenters. The fraction of sp³-hybridized carbons (Fsp3) is 0.429. The Kier molecular flexibility index (Phi) is 5.48. The van der Waals surface area contributed by atoms with Crippen molar-refractivity contribution in [3.8, 4) is 0 Å². The number of amides is 1. The van der Waals surface area contributed by atoms with Gasteiger partial charge in [-0.15, -0.1) is 0 Å². The number of sulfone groups is 1. The van der Waals surface area contributed by atoms with Gasteiger partial charge in [0.2, 0.25) is 0 Å². The number of hydrogen-bond donors (Lipinski definition) is 0. The van der Waals surface area contributed by atoms with Crippen LogP contribution >= 0.6 is 0 Å². The van der Waals surface area contributed by atoms with Crippen molar-refractivity contribution < 1.29 is 22.7 Å². The Morgan fingerprint density at radius 2 is 1.71 bits per heavy atom. The highest BCUT2D eigenvalue weighted by atomic mass is 32.2. The van der Waals surface area contributed by atoms with Gasteiger partial charge in [-0.3, -0.25) is 4.79 Å². The van der Waals surface area contributed by atoms with Crippen LogP contribution in [-0.2, 0) is 25.1 Å². The molecule has 0 aromatic heterocycles. The van der Waals surface area contributed by atoms with E-state index in [-0.39, 0.29) is 17.2 Å². The number of hydrogen-bond acceptors (Lipinski definition) is 5. The van der Waals surface area contributed by atoms with E-state index in [4.69, 9.17) is 4.74 Å². The van der Waals surface area contributed by atoms with E-state index >= 15 is 0 Å². The van der Waals surface area contributed by atoms with Crippen molar-refractivity contribution >= 4 is 21.7 Å². The van der Waals surface area contributed by atoms with Gasteiger partial charge in [-0.25, -0.2) is 13.2 Å². The third-order valence-electron chi connectivity index (χ3n) is 2.69. The Labute approximate surface area is 124 Å². The Balaban J connectivity index is 2.74. The van der Waals surface area contributed by atoms with Gasteiger partial charge < -0.3 is 9.64 Å². The van der Waals surface area contributed by atoms with Gasteiger partial charge in [0, 0.05) is 20.4 Å². The molecule has 0 fully saturated rings. The molecule has 21 heavy (non-hydrogen) atoms. The van der Waals surface area contributed by atoms with E-state index in [0.717, 1.165) is 6.26 Å². The molecule has 0 heterocycles. The number of nitrogens with zero attached hydrogens (tertiary/aromatic N) is 1. The van der Waals surface area contributed by atoms with Gasteiger partial charge in [0.05, 0.1) is 11.3 Å². The molecule has 116 valence electrons. The van der Waals surface area contributed by atoms with Crippen molar-refractivity contribution in [1.82, 2.24) is 4.90 Å². The Morgan fingerprint density at radius 1 is 1.19 bits per heavy atom. The number of likely N-dealkylation sites (N-methyl/N-ethyl adjacent to an activating group) is 1. The molecule has 7 heteroatoms. The fourth-order valence-corrected chi connectivity index (χ4v) is 2.48. The van der Waals surface area contributed by atoms with Gasteiger partial charge in [0.1, 0.15) is 0 Å². The molecule has 0 N–H and O–H groups in total. The van der Waals surface area contributed by atoms with Crippen LogP contribution in [0.15, 0.2) is 24.3 Å². The van der Waals surface area contributed by atoms with Gasteiger partial charge in [-0.2, -0.15) is 0 Å². The van der Waals surface area contributed by atoms with Gasteiger partial charge in [0.15, 0.2) is 15.9 Å². The first-order valence-corrected chi connectivity index (χ1v) is 8.35. The molecule has 0 aliphatic carbocycles. The minimum absolute atomic E-state index is 0.0855. The van der Waals surface area contributed by atoms with Gasteiger partial charge >= 0.3 is 5.97 Å². The van der Waals surface area contributed by atoms with Crippen LogP contribution in [0.1, 0.15) is 22.8 Å². The number of benzene rings is 1. The van der Waals surface area contributed by atoms with Crippen LogP contribution < -0.4 is 0 Å². The van der Waals surface area contributed by atoms with Crippen LogP contribution in [-0.4, -0.2) is 51.6 Å². The molecule has 6 nitrogen and oxygen atoms in total. The number of ether oxygens (including phenoxy) is 1. The minimum Gasteiger partial charge on any atom is -0.449 e. The summed E-state index contributed by atoms with van der Waals surface area (Å²) < 4.78 is 27.4. The third kappa shape index (κ3) is 5.55. The summed E-state index contributed by atoms with van der Waals surface area (Å²) in [6.45, 7) is 1.50. The Hall–Kier alpha value is -1.89. The summed E-state index contributed by atoms with van der Waals surface area (Å²) in [4.78, 5) is 24.8. The lowest BCUT2D eigenvalue weighted by Gasteiger charge is -2.17. The highest BCUT2D eigenvalue weighted by molar-refractivity contribution is 7.89. The molecule has 0 bridgehead atoms. The maximum absolute atomic E-state index is 11.9. The average molecular weight is 313 g/mol. The molecule has 1 rings (SSSR count). The Bertz CT molecular complexity index is 619. The summed E-state index contributed by atoms with van der Waals surface area (Å²) in [7, 11) is 0.0357. The third-order valence-corrected chi connectivity index (χ3v) is 3.55. The van der Waals surface area contributed by atoms with Crippen molar-refractivity contribution in [3.05, 3.63) is 35.4 Å². The SMILES string of the molecule is C[C@H](OC(=O)c1ccc(CS(C)(=O)=O)cc1)C(=O)N(C)C. The largest absolute Gasteiger partial charge is 0.449 e. The van der Waals surface area contributed by atoms with E-state index in [1.165, 1.54) is 24.0 Å². The molecule has 0 aliphatic heterocycles. The van der Waals surface area contributed by atoms with Gasteiger partial charge in [0.25, 0.3) is 5.91 Å². The van der Waals surface area contributed by atoms with E-state index in [9.17, 15) is 18.0 Å². The molecule has 1 aromatic carbocycles. The summed E-state index contributed by atoms with van der Waals surface area (Å²) in [5.41, 5.74) is 0.858. The van der Waals surface area contributed by atoms with E-state index in [2.05, 4.69) is 0 Å². The highest BCUT2D eigenvalue weighted by Gasteiger charge is 2.20. The monoisotopic (exact) mass is 313 g/mol. The van der Waals surface area contributed by atoms with Crippen molar-refractivity contribution in [2.75, 3.05) is 20.4 Å². The van der Waals surface area contributed by atoms with Crippen LogP contribution in [0, 0.1) is 0 Å². The molecule has 0 spiro atoms. The topological polar surface area (TPSA) is 80.8 Å². The van der Waals surface area contributed by atoms with E-state index < -0.39 is 21.9 Å². The number of carbonyl (C=O) groups is 2. The molecular formula is C14H19NO5S. The second kappa shape index (κ2) is 6.71. The summed E-state index contributed by atoms with van der Waals surface area (Å²) in [6.07, 6.45) is 0.271. The van der Waals surface area contributed by atoms with Crippen LogP contribution in [0.3, 0.4) is 0 Å². The summed E-state index contributed by atoms with van der Waals surface area (Å²) >= 11 is 0. The van der Waals surface area contributed by atoms with Crippen molar-refractivity contribution in [3.63, 3.8) is 0 Å². The molecule has 1 amide bonds. The molecule has 1 aromatic rings. The van der Waals surface area contributed by atoms with Gasteiger partial charge in [-0.05, 0) is 24.6 Å². The fourth-order valence-electron chi connectivity index (χ4n) is 1.68. The molecule has 0 saturated heterocycles. The van der Waals surface area contributed by atoms with Crippen LogP contribution in [0.2, 0.25) is 0 Å². The summed E-state index contributed by atoms with van der Waals surface area (Å²) in [5, 5.41) is 0. The number of rotatable bonds is 5. The molecule has 0 saturated carbocycles. The van der Waals surface area contributed by atoms with Crippen LogP contribution in [0.5, 0.6) is 0 Å². The van der Waals surface area contributed by atoms with E-state index in [1.807, 2.05) is 0 Å². The normalized spacial score (nSPS) is 12.6. The second-order valence-electron chi connectivity index (χ2n) is 5.05. The zero-order chi connectivity index (χ0) is 16.2. The molecule has 0 unspecified atom stereocenters. The average Bonchev–Trinajstić information content (AvgIpc) is 2.36. The van der Waals surface area contributed by atoms with Crippen LogP contribution in [0.4, 0.5) is 0 Å². The quantitative estimate of drug-likeness (QED) is 0.753. The highest BCUT2D eigenvalue weighted by Crippen LogP contribution is 2.10. The van der Waals surface area contributed by atoms with E-state index in [0.29, 0.717) is 5.56 Å². The smallest absolute Gasteiger partial charge is 0.338 e. The van der Waals surface area contributed by atoms with Crippen LogP contribution in [0.25, 0.3) is 0 Å². The van der Waals surface area contributed by atoms with Crippen molar-refractivity contribution in [1.29, 1.82) is 0 Å². The maximum Gasteiger partial charge on any atom is 0.338 e. The first-order valence-electron chi connectivity index (χ1n) is 6.29. The van der Waals surface area contributed by atoms with Crippen molar-refractivity contribution in [2.45, 2.75) is 18.8 Å². The zero-order valence-corrected chi connectivity index (χ0v) is 13.3. The minimum atomic E-state index is -3.12. The molecule has 0 aliphatic rings. The molecular weight excluding hydrogens is 294 g/mol. The van der Waals surface area contributed by atoms with Gasteiger partial charge in [-0.1, -0.05) is 12.1 Å².